The van der Waals surface area contributed by atoms with Crippen LogP contribution in [-0.4, -0.2) is 33.4 Å². The molecule has 2 aromatic rings. The highest BCUT2D eigenvalue weighted by Crippen LogP contribution is 2.29. The van der Waals surface area contributed by atoms with Crippen LogP contribution < -0.4 is 5.73 Å². The summed E-state index contributed by atoms with van der Waals surface area (Å²) >= 11 is 5.94. The number of nitrogens with one attached hydrogen (secondary N) is 1. The van der Waals surface area contributed by atoms with Crippen LogP contribution in [0.1, 0.15) is 30.7 Å². The Balaban J connectivity index is 1.51. The molecular weight excluding hydrogens is 324 g/mol. The number of carbonyl (C=O) groups is 1. The maximum Gasteiger partial charge on any atom is 0.226 e. The van der Waals surface area contributed by atoms with Gasteiger partial charge in [0.15, 0.2) is 0 Å². The van der Waals surface area contributed by atoms with Gasteiger partial charge in [0.2, 0.25) is 5.91 Å². The molecule has 0 bridgehead atoms. The van der Waals surface area contributed by atoms with Gasteiger partial charge >= 0.3 is 0 Å². The minimum Gasteiger partial charge on any atom is -0.340 e. The van der Waals surface area contributed by atoms with Gasteiger partial charge in [-0.1, -0.05) is 11.6 Å². The molecule has 1 saturated carbocycles. The first-order valence-electron chi connectivity index (χ1n) is 8.48. The lowest BCUT2D eigenvalue weighted by Gasteiger charge is -2.28. The number of carbonyl (C=O) groups excluding carboxylic acids is 1. The second kappa shape index (κ2) is 6.22. The van der Waals surface area contributed by atoms with Crippen molar-refractivity contribution < 1.29 is 4.79 Å². The molecule has 0 radical (unpaired) electrons. The number of halogens is 1. The number of aromatic amines is 1. The fourth-order valence-electron chi connectivity index (χ4n) is 3.73. The average Bonchev–Trinajstić information content (AvgIpc) is 3.20. The Hall–Kier alpha value is -1.85. The van der Waals surface area contributed by atoms with Crippen molar-refractivity contribution in [2.24, 2.45) is 11.7 Å². The number of hydrogen-bond acceptors (Lipinski definition) is 3. The van der Waals surface area contributed by atoms with Gasteiger partial charge < -0.3 is 15.6 Å². The Kier molecular flexibility index (Phi) is 4.06. The summed E-state index contributed by atoms with van der Waals surface area (Å²) in [5, 5.41) is 0.710. The first kappa shape index (κ1) is 15.7. The molecule has 2 aliphatic rings. The number of nitrogens with two attached hydrogens (primary N) is 1. The Bertz CT molecular complexity index is 755. The molecule has 1 aliphatic heterocycles. The van der Waals surface area contributed by atoms with Gasteiger partial charge in [0.25, 0.3) is 0 Å². The van der Waals surface area contributed by atoms with Crippen LogP contribution in [0.15, 0.2) is 24.3 Å². The van der Waals surface area contributed by atoms with Gasteiger partial charge in [-0.2, -0.15) is 0 Å². The predicted molar refractivity (Wildman–Crippen MR) is 93.5 cm³/mol. The fraction of sp³-hybridized carbons (Fsp3) is 0.444. The van der Waals surface area contributed by atoms with Crippen molar-refractivity contribution in [1.29, 1.82) is 0 Å². The van der Waals surface area contributed by atoms with Crippen LogP contribution in [0.4, 0.5) is 0 Å². The molecule has 24 heavy (non-hydrogen) atoms. The minimum absolute atomic E-state index is 0.0974. The number of amides is 1. The standard InChI is InChI=1S/C18H21ClN4O/c19-13-4-1-11(2-5-13)17-21-15-7-8-23(10-16(15)22-17)18(24)12-3-6-14(20)9-12/h1-2,4-5,12,14H,3,6-10,20H2,(H,21,22)/t12-,14+/m1/s1. The molecule has 2 atom stereocenters. The van der Waals surface area contributed by atoms with Crippen molar-refractivity contribution in [2.75, 3.05) is 6.54 Å². The Morgan fingerprint density at radius 2 is 2.08 bits per heavy atom. The highest BCUT2D eigenvalue weighted by molar-refractivity contribution is 6.30. The average molecular weight is 345 g/mol. The van der Waals surface area contributed by atoms with Gasteiger partial charge in [-0.25, -0.2) is 4.98 Å². The van der Waals surface area contributed by atoms with E-state index in [0.717, 1.165) is 55.0 Å². The lowest BCUT2D eigenvalue weighted by Crippen LogP contribution is -2.39. The molecule has 5 nitrogen and oxygen atoms in total. The summed E-state index contributed by atoms with van der Waals surface area (Å²) in [6, 6.07) is 7.81. The number of rotatable bonds is 2. The molecule has 0 unspecified atom stereocenters. The predicted octanol–water partition coefficient (Wildman–Crippen LogP) is 2.74. The molecule has 1 aromatic heterocycles. The molecular formula is C18H21ClN4O. The van der Waals surface area contributed by atoms with E-state index in [9.17, 15) is 4.79 Å². The molecule has 1 amide bonds. The smallest absolute Gasteiger partial charge is 0.226 e. The lowest BCUT2D eigenvalue weighted by atomic mass is 10.0. The number of hydrogen-bond donors (Lipinski definition) is 2. The van der Waals surface area contributed by atoms with E-state index in [4.69, 9.17) is 22.3 Å². The van der Waals surface area contributed by atoms with E-state index < -0.39 is 0 Å². The maximum absolute atomic E-state index is 12.7. The molecule has 4 rings (SSSR count). The number of aromatic nitrogens is 2. The third-order valence-corrected chi connectivity index (χ3v) is 5.34. The van der Waals surface area contributed by atoms with Crippen LogP contribution >= 0.6 is 11.6 Å². The zero-order valence-corrected chi connectivity index (χ0v) is 14.2. The summed E-state index contributed by atoms with van der Waals surface area (Å²) in [5.41, 5.74) is 9.06. The number of fused-ring (bicyclic) bond motifs is 1. The van der Waals surface area contributed by atoms with Gasteiger partial charge in [0.1, 0.15) is 5.82 Å². The van der Waals surface area contributed by atoms with Crippen LogP contribution in [-0.2, 0) is 17.8 Å². The van der Waals surface area contributed by atoms with Gasteiger partial charge in [-0.15, -0.1) is 0 Å². The summed E-state index contributed by atoms with van der Waals surface area (Å²) in [4.78, 5) is 22.7. The maximum atomic E-state index is 12.7. The summed E-state index contributed by atoms with van der Waals surface area (Å²) in [6.07, 6.45) is 3.49. The van der Waals surface area contributed by atoms with Crippen molar-refractivity contribution in [3.8, 4) is 11.4 Å². The topological polar surface area (TPSA) is 75.0 Å². The van der Waals surface area contributed by atoms with E-state index in [1.807, 2.05) is 29.2 Å². The van der Waals surface area contributed by atoms with Gasteiger partial charge in [-0.05, 0) is 43.5 Å². The zero-order chi connectivity index (χ0) is 16.7. The number of H-pyrrole nitrogens is 1. The van der Waals surface area contributed by atoms with E-state index >= 15 is 0 Å². The molecule has 0 spiro atoms. The molecule has 2 heterocycles. The van der Waals surface area contributed by atoms with Crippen molar-refractivity contribution in [1.82, 2.24) is 14.9 Å². The normalized spacial score (nSPS) is 23.3. The highest BCUT2D eigenvalue weighted by Gasteiger charge is 2.33. The molecule has 6 heteroatoms. The van der Waals surface area contributed by atoms with Crippen LogP contribution in [0.5, 0.6) is 0 Å². The Morgan fingerprint density at radius 3 is 2.79 bits per heavy atom. The number of benzene rings is 1. The lowest BCUT2D eigenvalue weighted by molar-refractivity contribution is -0.136. The van der Waals surface area contributed by atoms with Gasteiger partial charge in [-0.3, -0.25) is 4.79 Å². The van der Waals surface area contributed by atoms with Crippen LogP contribution in [0, 0.1) is 5.92 Å². The Labute approximate surface area is 146 Å². The van der Waals surface area contributed by atoms with Crippen molar-refractivity contribution in [3.05, 3.63) is 40.7 Å². The van der Waals surface area contributed by atoms with Gasteiger partial charge in [0.05, 0.1) is 17.9 Å². The third-order valence-electron chi connectivity index (χ3n) is 5.08. The molecule has 3 N–H and O–H groups in total. The zero-order valence-electron chi connectivity index (χ0n) is 13.5. The summed E-state index contributed by atoms with van der Waals surface area (Å²) in [5.74, 6) is 1.19. The molecule has 1 aromatic carbocycles. The van der Waals surface area contributed by atoms with Crippen LogP contribution in [0.25, 0.3) is 11.4 Å². The van der Waals surface area contributed by atoms with E-state index in [-0.39, 0.29) is 17.9 Å². The number of nitrogens with zero attached hydrogens (tertiary/aromatic N) is 2. The largest absolute Gasteiger partial charge is 0.340 e. The first-order chi connectivity index (χ1) is 11.6. The molecule has 1 aliphatic carbocycles. The summed E-state index contributed by atoms with van der Waals surface area (Å²) < 4.78 is 0. The third kappa shape index (κ3) is 2.94. The highest BCUT2D eigenvalue weighted by atomic mass is 35.5. The van der Waals surface area contributed by atoms with E-state index in [0.29, 0.717) is 11.6 Å². The minimum atomic E-state index is 0.0974. The second-order valence-corrected chi connectivity index (χ2v) is 7.23. The quantitative estimate of drug-likeness (QED) is 0.879. The fourth-order valence-corrected chi connectivity index (χ4v) is 3.85. The van der Waals surface area contributed by atoms with Crippen LogP contribution in [0.3, 0.4) is 0 Å². The number of imidazole rings is 1. The van der Waals surface area contributed by atoms with E-state index in [2.05, 4.69) is 4.98 Å². The SMILES string of the molecule is N[C@H]1CC[C@@H](C(=O)N2CCc3nc(-c4ccc(Cl)cc4)[nH]c3C2)C1. The van der Waals surface area contributed by atoms with Crippen molar-refractivity contribution >= 4 is 17.5 Å². The summed E-state index contributed by atoms with van der Waals surface area (Å²) in [7, 11) is 0. The van der Waals surface area contributed by atoms with Crippen LogP contribution in [0.2, 0.25) is 5.02 Å². The van der Waals surface area contributed by atoms with Crippen molar-refractivity contribution in [3.63, 3.8) is 0 Å². The van der Waals surface area contributed by atoms with E-state index in [1.54, 1.807) is 0 Å². The van der Waals surface area contributed by atoms with Gasteiger partial charge in [0, 0.05) is 35.5 Å². The molecule has 1 fully saturated rings. The first-order valence-corrected chi connectivity index (χ1v) is 8.86. The van der Waals surface area contributed by atoms with E-state index in [1.165, 1.54) is 0 Å². The monoisotopic (exact) mass is 344 g/mol. The molecule has 126 valence electrons. The molecule has 0 saturated heterocycles. The Morgan fingerprint density at radius 1 is 1.29 bits per heavy atom. The second-order valence-electron chi connectivity index (χ2n) is 6.80. The van der Waals surface area contributed by atoms with Crippen molar-refractivity contribution in [2.45, 2.75) is 38.3 Å². The summed E-state index contributed by atoms with van der Waals surface area (Å²) in [6.45, 7) is 1.35.